The van der Waals surface area contributed by atoms with Gasteiger partial charge in [-0.25, -0.2) is 0 Å². The van der Waals surface area contributed by atoms with Gasteiger partial charge in [0.2, 0.25) is 0 Å². The SMILES string of the molecule is Cc1cccc(NCC(O)COC(C)CC(C)C)c1C. The molecule has 114 valence electrons. The Labute approximate surface area is 123 Å². The number of rotatable bonds is 8. The predicted octanol–water partition coefficient (Wildman–Crippen LogP) is 3.53. The molecule has 0 saturated carbocycles. The van der Waals surface area contributed by atoms with E-state index in [0.29, 0.717) is 19.1 Å². The van der Waals surface area contributed by atoms with E-state index in [1.807, 2.05) is 12.1 Å². The van der Waals surface area contributed by atoms with E-state index in [9.17, 15) is 5.11 Å². The Morgan fingerprint density at radius 2 is 1.90 bits per heavy atom. The molecule has 2 N–H and O–H groups in total. The summed E-state index contributed by atoms with van der Waals surface area (Å²) in [5, 5.41) is 13.3. The summed E-state index contributed by atoms with van der Waals surface area (Å²) in [6.07, 6.45) is 0.742. The maximum Gasteiger partial charge on any atom is 0.0945 e. The Hall–Kier alpha value is -1.06. The van der Waals surface area contributed by atoms with Gasteiger partial charge in [-0.2, -0.15) is 0 Å². The third kappa shape index (κ3) is 5.93. The Kier molecular flexibility index (Phi) is 7.03. The molecule has 20 heavy (non-hydrogen) atoms. The Morgan fingerprint density at radius 1 is 1.20 bits per heavy atom. The van der Waals surface area contributed by atoms with Crippen LogP contribution in [0.3, 0.4) is 0 Å². The second kappa shape index (κ2) is 8.28. The van der Waals surface area contributed by atoms with Crippen LogP contribution >= 0.6 is 0 Å². The minimum Gasteiger partial charge on any atom is -0.389 e. The lowest BCUT2D eigenvalue weighted by Gasteiger charge is -2.19. The topological polar surface area (TPSA) is 41.5 Å². The van der Waals surface area contributed by atoms with Crippen LogP contribution in [0.2, 0.25) is 0 Å². The average molecular weight is 279 g/mol. The molecule has 2 atom stereocenters. The first-order valence-electron chi connectivity index (χ1n) is 7.50. The molecule has 0 heterocycles. The van der Waals surface area contributed by atoms with Crippen LogP contribution in [0.4, 0.5) is 5.69 Å². The summed E-state index contributed by atoms with van der Waals surface area (Å²) in [7, 11) is 0. The van der Waals surface area contributed by atoms with Crippen molar-refractivity contribution in [2.45, 2.75) is 53.2 Å². The highest BCUT2D eigenvalue weighted by atomic mass is 16.5. The van der Waals surface area contributed by atoms with Crippen molar-refractivity contribution in [2.24, 2.45) is 5.92 Å². The van der Waals surface area contributed by atoms with E-state index in [-0.39, 0.29) is 6.10 Å². The number of ether oxygens (including phenoxy) is 1. The standard InChI is InChI=1S/C17H29NO2/c1-12(2)9-14(4)20-11-16(19)10-18-17-8-6-7-13(3)15(17)5/h6-8,12,14,16,18-19H,9-11H2,1-5H3. The fraction of sp³-hybridized carbons (Fsp3) is 0.647. The predicted molar refractivity (Wildman–Crippen MR) is 85.3 cm³/mol. The summed E-state index contributed by atoms with van der Waals surface area (Å²) >= 11 is 0. The minimum atomic E-state index is -0.482. The van der Waals surface area contributed by atoms with Crippen molar-refractivity contribution in [3.63, 3.8) is 0 Å². The third-order valence-corrected chi connectivity index (χ3v) is 3.51. The number of aliphatic hydroxyl groups excluding tert-OH is 1. The second-order valence-corrected chi connectivity index (χ2v) is 6.06. The van der Waals surface area contributed by atoms with E-state index in [1.165, 1.54) is 11.1 Å². The number of anilines is 1. The highest BCUT2D eigenvalue weighted by Crippen LogP contribution is 2.17. The molecule has 3 heteroatoms. The van der Waals surface area contributed by atoms with Crippen LogP contribution in [0.25, 0.3) is 0 Å². The summed E-state index contributed by atoms with van der Waals surface area (Å²) in [4.78, 5) is 0. The molecular weight excluding hydrogens is 250 g/mol. The monoisotopic (exact) mass is 279 g/mol. The number of benzene rings is 1. The van der Waals surface area contributed by atoms with Crippen LogP contribution in [0.15, 0.2) is 18.2 Å². The summed E-state index contributed by atoms with van der Waals surface area (Å²) in [6.45, 7) is 11.5. The molecule has 0 amide bonds. The average Bonchev–Trinajstić information content (AvgIpc) is 2.37. The van der Waals surface area contributed by atoms with Crippen LogP contribution in [0.1, 0.15) is 38.3 Å². The quantitative estimate of drug-likeness (QED) is 0.765. The smallest absolute Gasteiger partial charge is 0.0945 e. The van der Waals surface area contributed by atoms with E-state index < -0.39 is 6.10 Å². The number of hydrogen-bond donors (Lipinski definition) is 2. The summed E-state index contributed by atoms with van der Waals surface area (Å²) < 4.78 is 5.67. The molecule has 0 aliphatic rings. The van der Waals surface area contributed by atoms with Crippen molar-refractivity contribution in [2.75, 3.05) is 18.5 Å². The molecule has 3 nitrogen and oxygen atoms in total. The van der Waals surface area contributed by atoms with Gasteiger partial charge >= 0.3 is 0 Å². The molecule has 1 rings (SSSR count). The Morgan fingerprint density at radius 3 is 2.55 bits per heavy atom. The van der Waals surface area contributed by atoms with Crippen LogP contribution in [-0.4, -0.2) is 30.5 Å². The summed E-state index contributed by atoms with van der Waals surface area (Å²) in [6, 6.07) is 6.16. The van der Waals surface area contributed by atoms with Gasteiger partial charge in [-0.05, 0) is 50.3 Å². The molecule has 0 bridgehead atoms. The molecule has 0 spiro atoms. The largest absolute Gasteiger partial charge is 0.389 e. The normalized spacial score (nSPS) is 14.3. The lowest BCUT2D eigenvalue weighted by molar-refractivity contribution is -0.00444. The minimum absolute atomic E-state index is 0.199. The molecule has 0 aliphatic carbocycles. The van der Waals surface area contributed by atoms with Gasteiger partial charge in [-0.3, -0.25) is 0 Å². The van der Waals surface area contributed by atoms with Crippen molar-refractivity contribution in [3.8, 4) is 0 Å². The van der Waals surface area contributed by atoms with Crippen molar-refractivity contribution in [3.05, 3.63) is 29.3 Å². The van der Waals surface area contributed by atoms with Crippen LogP contribution in [0.5, 0.6) is 0 Å². The van der Waals surface area contributed by atoms with E-state index in [4.69, 9.17) is 4.74 Å². The molecule has 0 fully saturated rings. The zero-order chi connectivity index (χ0) is 15.1. The van der Waals surface area contributed by atoms with E-state index in [0.717, 1.165) is 12.1 Å². The van der Waals surface area contributed by atoms with Gasteiger partial charge in [-0.1, -0.05) is 26.0 Å². The lowest BCUT2D eigenvalue weighted by Crippen LogP contribution is -2.27. The van der Waals surface area contributed by atoms with E-state index in [2.05, 4.69) is 46.0 Å². The zero-order valence-corrected chi connectivity index (χ0v) is 13.4. The number of aliphatic hydroxyl groups is 1. The van der Waals surface area contributed by atoms with Gasteiger partial charge < -0.3 is 15.2 Å². The van der Waals surface area contributed by atoms with E-state index in [1.54, 1.807) is 0 Å². The first-order chi connectivity index (χ1) is 9.40. The van der Waals surface area contributed by atoms with Crippen LogP contribution in [0, 0.1) is 19.8 Å². The van der Waals surface area contributed by atoms with Gasteiger partial charge in [0.25, 0.3) is 0 Å². The van der Waals surface area contributed by atoms with Gasteiger partial charge in [-0.15, -0.1) is 0 Å². The highest BCUT2D eigenvalue weighted by molar-refractivity contribution is 5.53. The molecule has 0 aliphatic heterocycles. The first-order valence-corrected chi connectivity index (χ1v) is 7.50. The summed E-state index contributed by atoms with van der Waals surface area (Å²) in [5.74, 6) is 0.621. The molecule has 0 saturated heterocycles. The molecule has 1 aromatic rings. The molecule has 1 aromatic carbocycles. The molecule has 2 unspecified atom stereocenters. The zero-order valence-electron chi connectivity index (χ0n) is 13.4. The lowest BCUT2D eigenvalue weighted by atomic mass is 10.1. The van der Waals surface area contributed by atoms with Gasteiger partial charge in [0, 0.05) is 12.2 Å². The second-order valence-electron chi connectivity index (χ2n) is 6.06. The summed E-state index contributed by atoms with van der Waals surface area (Å²) in [5.41, 5.74) is 3.57. The van der Waals surface area contributed by atoms with Crippen molar-refractivity contribution in [1.29, 1.82) is 0 Å². The van der Waals surface area contributed by atoms with Crippen molar-refractivity contribution >= 4 is 5.69 Å². The number of nitrogens with one attached hydrogen (secondary N) is 1. The van der Waals surface area contributed by atoms with Crippen molar-refractivity contribution in [1.82, 2.24) is 0 Å². The Balaban J connectivity index is 2.33. The molecule has 0 radical (unpaired) electrons. The van der Waals surface area contributed by atoms with Crippen molar-refractivity contribution < 1.29 is 9.84 Å². The van der Waals surface area contributed by atoms with Crippen LogP contribution in [-0.2, 0) is 4.74 Å². The fourth-order valence-corrected chi connectivity index (χ4v) is 2.24. The fourth-order valence-electron chi connectivity index (χ4n) is 2.24. The first kappa shape index (κ1) is 17.0. The third-order valence-electron chi connectivity index (χ3n) is 3.51. The van der Waals surface area contributed by atoms with Gasteiger partial charge in [0.05, 0.1) is 18.8 Å². The van der Waals surface area contributed by atoms with Crippen LogP contribution < -0.4 is 5.32 Å². The van der Waals surface area contributed by atoms with Gasteiger partial charge in [0.15, 0.2) is 0 Å². The maximum atomic E-state index is 9.97. The molecular formula is C17H29NO2. The Bertz CT molecular complexity index is 404. The molecule has 0 aromatic heterocycles. The number of hydrogen-bond acceptors (Lipinski definition) is 3. The highest BCUT2D eigenvalue weighted by Gasteiger charge is 2.10. The maximum absolute atomic E-state index is 9.97. The number of aryl methyl sites for hydroxylation is 1. The van der Waals surface area contributed by atoms with Gasteiger partial charge in [0.1, 0.15) is 0 Å². The van der Waals surface area contributed by atoms with E-state index >= 15 is 0 Å².